The van der Waals surface area contributed by atoms with Gasteiger partial charge in [-0.3, -0.25) is 19.2 Å². The number of aromatic nitrogens is 3. The van der Waals surface area contributed by atoms with E-state index in [1.165, 1.54) is 12.8 Å². The second-order valence-electron chi connectivity index (χ2n) is 6.97. The molecule has 1 saturated heterocycles. The molecule has 0 N–H and O–H groups in total. The monoisotopic (exact) mass is 332 g/mol. The van der Waals surface area contributed by atoms with Crippen LogP contribution < -0.4 is 5.56 Å². The van der Waals surface area contributed by atoms with Crippen LogP contribution in [0.4, 0.5) is 0 Å². The quantitative estimate of drug-likeness (QED) is 0.687. The second kappa shape index (κ2) is 5.77. The Hall–Kier alpha value is -2.53. The van der Waals surface area contributed by atoms with Gasteiger partial charge in [-0.25, -0.2) is 4.98 Å². The lowest BCUT2D eigenvalue weighted by Gasteiger charge is -2.19. The molecule has 25 heavy (non-hydrogen) atoms. The van der Waals surface area contributed by atoms with E-state index in [1.807, 2.05) is 41.0 Å². The smallest absolute Gasteiger partial charge is 0.261 e. The van der Waals surface area contributed by atoms with Crippen molar-refractivity contribution in [1.29, 1.82) is 0 Å². The van der Waals surface area contributed by atoms with Crippen LogP contribution in [0.1, 0.15) is 18.7 Å². The van der Waals surface area contributed by atoms with Crippen LogP contribution in [0.5, 0.6) is 0 Å². The normalized spacial score (nSPS) is 20.2. The van der Waals surface area contributed by atoms with E-state index in [4.69, 9.17) is 4.98 Å². The minimum absolute atomic E-state index is 0.0914. The first-order chi connectivity index (χ1) is 12.3. The highest BCUT2D eigenvalue weighted by atomic mass is 16.1. The molecule has 5 rings (SSSR count). The predicted molar refractivity (Wildman–Crippen MR) is 97.5 cm³/mol. The van der Waals surface area contributed by atoms with Gasteiger partial charge < -0.3 is 0 Å². The summed E-state index contributed by atoms with van der Waals surface area (Å²) in [5.74, 6) is 0.935. The standard InChI is InChI=1S/C20H20N4O/c25-20-16-7-6-14(17-5-1-2-8-21-17)12-18(16)22-19-13-15-4-3-9-23(15)10-11-24(19)20/h1-2,5-8,12,15H,3-4,9-11,13H2. The predicted octanol–water partition coefficient (Wildman–Crippen LogP) is 2.48. The van der Waals surface area contributed by atoms with E-state index in [2.05, 4.69) is 9.88 Å². The Labute approximate surface area is 146 Å². The van der Waals surface area contributed by atoms with Crippen LogP contribution in [0.25, 0.3) is 22.2 Å². The minimum atomic E-state index is 0.0914. The molecule has 0 spiro atoms. The zero-order valence-corrected chi connectivity index (χ0v) is 14.1. The first-order valence-corrected chi connectivity index (χ1v) is 8.98. The molecule has 4 heterocycles. The van der Waals surface area contributed by atoms with Gasteiger partial charge in [0.1, 0.15) is 5.82 Å². The van der Waals surface area contributed by atoms with Crippen molar-refractivity contribution in [2.24, 2.45) is 0 Å². The molecule has 5 nitrogen and oxygen atoms in total. The summed E-state index contributed by atoms with van der Waals surface area (Å²) in [6.07, 6.45) is 5.13. The lowest BCUT2D eigenvalue weighted by molar-refractivity contribution is 0.258. The molecule has 0 amide bonds. The SMILES string of the molecule is O=c1c2ccc(-c3ccccn3)cc2nc2n1CCN1CCCC1C2. The molecule has 1 aromatic carbocycles. The highest BCUT2D eigenvalue weighted by Gasteiger charge is 2.29. The van der Waals surface area contributed by atoms with Crippen LogP contribution in [0.3, 0.4) is 0 Å². The average Bonchev–Trinajstić information content (AvgIpc) is 3.01. The van der Waals surface area contributed by atoms with Crippen molar-refractivity contribution >= 4 is 10.9 Å². The number of rotatable bonds is 1. The molecule has 2 aliphatic rings. The summed E-state index contributed by atoms with van der Waals surface area (Å²) in [6.45, 7) is 2.85. The number of fused-ring (bicyclic) bond motifs is 3. The van der Waals surface area contributed by atoms with Crippen molar-refractivity contribution in [3.05, 3.63) is 58.8 Å². The molecule has 1 atom stereocenters. The van der Waals surface area contributed by atoms with E-state index < -0.39 is 0 Å². The Morgan fingerprint density at radius 1 is 1.08 bits per heavy atom. The zero-order valence-electron chi connectivity index (χ0n) is 14.1. The maximum absolute atomic E-state index is 13.0. The third kappa shape index (κ3) is 2.46. The molecule has 3 aromatic rings. The van der Waals surface area contributed by atoms with Gasteiger partial charge >= 0.3 is 0 Å². The molecule has 1 fully saturated rings. The van der Waals surface area contributed by atoms with Crippen LogP contribution in [0, 0.1) is 0 Å². The molecule has 0 saturated carbocycles. The summed E-state index contributed by atoms with van der Waals surface area (Å²) in [5, 5.41) is 0.700. The van der Waals surface area contributed by atoms with Crippen LogP contribution in [-0.4, -0.2) is 38.6 Å². The fourth-order valence-corrected chi connectivity index (χ4v) is 4.21. The number of nitrogens with zero attached hydrogens (tertiary/aromatic N) is 4. The van der Waals surface area contributed by atoms with Gasteiger partial charge in [0.25, 0.3) is 5.56 Å². The average molecular weight is 332 g/mol. The third-order valence-electron chi connectivity index (χ3n) is 5.52. The van der Waals surface area contributed by atoms with E-state index in [9.17, 15) is 4.79 Å². The van der Waals surface area contributed by atoms with Crippen molar-refractivity contribution < 1.29 is 0 Å². The molecule has 126 valence electrons. The van der Waals surface area contributed by atoms with Crippen molar-refractivity contribution in [3.63, 3.8) is 0 Å². The zero-order chi connectivity index (χ0) is 16.8. The van der Waals surface area contributed by atoms with Crippen molar-refractivity contribution in [2.75, 3.05) is 13.1 Å². The molecule has 0 radical (unpaired) electrons. The van der Waals surface area contributed by atoms with Gasteiger partial charge in [-0.1, -0.05) is 12.1 Å². The molecule has 0 bridgehead atoms. The Morgan fingerprint density at radius 3 is 2.92 bits per heavy atom. The van der Waals surface area contributed by atoms with Crippen LogP contribution in [0.2, 0.25) is 0 Å². The number of pyridine rings is 1. The molecular weight excluding hydrogens is 312 g/mol. The largest absolute Gasteiger partial charge is 0.298 e. The van der Waals surface area contributed by atoms with E-state index in [0.29, 0.717) is 11.4 Å². The Kier molecular flexibility index (Phi) is 3.41. The highest BCUT2D eigenvalue weighted by Crippen LogP contribution is 2.25. The van der Waals surface area contributed by atoms with Gasteiger partial charge in [0.2, 0.25) is 0 Å². The van der Waals surface area contributed by atoms with Gasteiger partial charge in [0.15, 0.2) is 0 Å². The van der Waals surface area contributed by atoms with Crippen molar-refractivity contribution in [3.8, 4) is 11.3 Å². The first kappa shape index (κ1) is 14.8. The highest BCUT2D eigenvalue weighted by molar-refractivity contribution is 5.83. The van der Waals surface area contributed by atoms with E-state index in [1.54, 1.807) is 6.20 Å². The summed E-state index contributed by atoms with van der Waals surface area (Å²) in [4.78, 5) is 24.8. The van der Waals surface area contributed by atoms with Gasteiger partial charge in [-0.05, 0) is 43.7 Å². The molecule has 0 aliphatic carbocycles. The maximum Gasteiger partial charge on any atom is 0.261 e. The van der Waals surface area contributed by atoms with Crippen molar-refractivity contribution in [1.82, 2.24) is 19.4 Å². The number of hydrogen-bond donors (Lipinski definition) is 0. The summed E-state index contributed by atoms with van der Waals surface area (Å²) < 4.78 is 1.89. The number of hydrogen-bond acceptors (Lipinski definition) is 4. The fourth-order valence-electron chi connectivity index (χ4n) is 4.21. The summed E-state index contributed by atoms with van der Waals surface area (Å²) in [6, 6.07) is 12.3. The Bertz CT molecular complexity index is 996. The number of benzene rings is 1. The topological polar surface area (TPSA) is 51.0 Å². The van der Waals surface area contributed by atoms with Crippen LogP contribution in [0.15, 0.2) is 47.4 Å². The van der Waals surface area contributed by atoms with Crippen molar-refractivity contribution in [2.45, 2.75) is 31.8 Å². The Morgan fingerprint density at radius 2 is 2.04 bits per heavy atom. The van der Waals surface area contributed by atoms with Gasteiger partial charge in [0.05, 0.1) is 16.6 Å². The van der Waals surface area contributed by atoms with Gasteiger partial charge in [-0.15, -0.1) is 0 Å². The van der Waals surface area contributed by atoms with Crippen LogP contribution in [-0.2, 0) is 13.0 Å². The molecule has 2 aromatic heterocycles. The molecular formula is C20H20N4O. The Balaban J connectivity index is 1.65. The summed E-state index contributed by atoms with van der Waals surface area (Å²) in [7, 11) is 0. The van der Waals surface area contributed by atoms with Crippen LogP contribution >= 0.6 is 0 Å². The molecule has 2 aliphatic heterocycles. The van der Waals surface area contributed by atoms with Gasteiger partial charge in [0, 0.05) is 37.3 Å². The maximum atomic E-state index is 13.0. The van der Waals surface area contributed by atoms with Gasteiger partial charge in [-0.2, -0.15) is 0 Å². The lowest BCUT2D eigenvalue weighted by atomic mass is 10.1. The summed E-state index contributed by atoms with van der Waals surface area (Å²) in [5.41, 5.74) is 2.78. The molecule has 5 heteroatoms. The lowest BCUT2D eigenvalue weighted by Crippen LogP contribution is -2.31. The first-order valence-electron chi connectivity index (χ1n) is 8.98. The third-order valence-corrected chi connectivity index (χ3v) is 5.52. The second-order valence-corrected chi connectivity index (χ2v) is 6.97. The van der Waals surface area contributed by atoms with E-state index in [0.717, 1.165) is 48.7 Å². The molecule has 1 unspecified atom stereocenters. The minimum Gasteiger partial charge on any atom is -0.298 e. The summed E-state index contributed by atoms with van der Waals surface area (Å²) >= 11 is 0. The fraction of sp³-hybridized carbons (Fsp3) is 0.350. The van der Waals surface area contributed by atoms with E-state index >= 15 is 0 Å². The van der Waals surface area contributed by atoms with E-state index in [-0.39, 0.29) is 5.56 Å².